The highest BCUT2D eigenvalue weighted by Gasteiger charge is 2.24. The highest BCUT2D eigenvalue weighted by atomic mass is 32.2. The molecule has 3 rings (SSSR count). The molecule has 1 amide bonds. The smallest absolute Gasteiger partial charge is 0.262 e. The zero-order valence-electron chi connectivity index (χ0n) is 14.7. The summed E-state index contributed by atoms with van der Waals surface area (Å²) in [6, 6.07) is 3.62. The van der Waals surface area contributed by atoms with Gasteiger partial charge in [-0.2, -0.15) is 0 Å². The van der Waals surface area contributed by atoms with Crippen LogP contribution in [0.3, 0.4) is 0 Å². The Labute approximate surface area is 148 Å². The third-order valence-corrected chi connectivity index (χ3v) is 6.43. The number of likely N-dealkylation sites (tertiary alicyclic amines) is 1. The van der Waals surface area contributed by atoms with Crippen LogP contribution in [0.4, 0.5) is 5.69 Å². The second kappa shape index (κ2) is 7.31. The fraction of sp³-hybridized carbons (Fsp3) is 0.588. The van der Waals surface area contributed by atoms with E-state index in [9.17, 15) is 13.2 Å². The summed E-state index contributed by atoms with van der Waals surface area (Å²) in [4.78, 5) is 13.9. The normalized spacial score (nSPS) is 21.4. The predicted octanol–water partition coefficient (Wildman–Crippen LogP) is 1.48. The predicted molar refractivity (Wildman–Crippen MR) is 95.4 cm³/mol. The van der Waals surface area contributed by atoms with Crippen molar-refractivity contribution in [2.75, 3.05) is 31.6 Å². The molecule has 1 saturated heterocycles. The Bertz CT molecular complexity index is 763. The molecule has 0 spiro atoms. The minimum Gasteiger partial charge on any atom is -0.482 e. The van der Waals surface area contributed by atoms with Crippen molar-refractivity contribution in [1.82, 2.24) is 9.62 Å². The lowest BCUT2D eigenvalue weighted by Gasteiger charge is -2.33. The van der Waals surface area contributed by atoms with Gasteiger partial charge in [-0.25, -0.2) is 13.1 Å². The standard InChI is InChI=1S/C17H25N3O4S/c1-12-9-14-15(24-11-17(21)19-14)10-16(12)25(22,23)18-6-8-20-7-4-3-5-13(20)2/h9-10,13,18H,3-8,11H2,1-2H3,(H,19,21)/t13-/m1/s1. The fourth-order valence-electron chi connectivity index (χ4n) is 3.40. The van der Waals surface area contributed by atoms with E-state index in [1.54, 1.807) is 13.0 Å². The van der Waals surface area contributed by atoms with E-state index in [-0.39, 0.29) is 17.4 Å². The number of nitrogens with zero attached hydrogens (tertiary/aromatic N) is 1. The maximum Gasteiger partial charge on any atom is 0.262 e. The number of carbonyl (C=O) groups excluding carboxylic acids is 1. The third-order valence-electron chi connectivity index (χ3n) is 4.83. The van der Waals surface area contributed by atoms with Crippen molar-refractivity contribution in [3.8, 4) is 5.75 Å². The molecule has 0 radical (unpaired) electrons. The molecule has 0 unspecified atom stereocenters. The van der Waals surface area contributed by atoms with E-state index < -0.39 is 10.0 Å². The number of hydrogen-bond acceptors (Lipinski definition) is 5. The number of nitrogens with one attached hydrogen (secondary N) is 2. The number of aryl methyl sites for hydroxylation is 1. The van der Waals surface area contributed by atoms with Crippen molar-refractivity contribution in [3.05, 3.63) is 17.7 Å². The molecule has 1 fully saturated rings. The summed E-state index contributed by atoms with van der Waals surface area (Å²) < 4.78 is 33.3. The van der Waals surface area contributed by atoms with Gasteiger partial charge in [-0.1, -0.05) is 6.42 Å². The maximum absolute atomic E-state index is 12.7. The number of rotatable bonds is 5. The van der Waals surface area contributed by atoms with Crippen LogP contribution in [0.25, 0.3) is 0 Å². The van der Waals surface area contributed by atoms with Crippen molar-refractivity contribution in [2.45, 2.75) is 44.0 Å². The quantitative estimate of drug-likeness (QED) is 0.823. The van der Waals surface area contributed by atoms with Crippen LogP contribution in [0.5, 0.6) is 5.75 Å². The van der Waals surface area contributed by atoms with E-state index in [2.05, 4.69) is 21.9 Å². The van der Waals surface area contributed by atoms with E-state index in [0.717, 1.165) is 6.54 Å². The molecule has 0 bridgehead atoms. The van der Waals surface area contributed by atoms with E-state index in [1.165, 1.54) is 25.3 Å². The van der Waals surface area contributed by atoms with Gasteiger partial charge < -0.3 is 10.1 Å². The van der Waals surface area contributed by atoms with E-state index in [1.807, 2.05) is 0 Å². The van der Waals surface area contributed by atoms with Gasteiger partial charge in [-0.05, 0) is 44.9 Å². The number of benzene rings is 1. The van der Waals surface area contributed by atoms with Gasteiger partial charge in [0.25, 0.3) is 5.91 Å². The number of anilines is 1. The highest BCUT2D eigenvalue weighted by molar-refractivity contribution is 7.89. The number of fused-ring (bicyclic) bond motifs is 1. The Morgan fingerprint density at radius 2 is 2.16 bits per heavy atom. The molecular formula is C17H25N3O4S. The second-order valence-electron chi connectivity index (χ2n) is 6.73. The van der Waals surface area contributed by atoms with Gasteiger partial charge in [0, 0.05) is 25.2 Å². The fourth-order valence-corrected chi connectivity index (χ4v) is 4.66. The first-order chi connectivity index (χ1) is 11.9. The molecule has 1 atom stereocenters. The molecule has 0 aromatic heterocycles. The summed E-state index contributed by atoms with van der Waals surface area (Å²) in [5.74, 6) is 0.145. The number of sulfonamides is 1. The van der Waals surface area contributed by atoms with Gasteiger partial charge in [-0.15, -0.1) is 0 Å². The first kappa shape index (κ1) is 18.2. The summed E-state index contributed by atoms with van der Waals surface area (Å²) >= 11 is 0. The number of piperidine rings is 1. The van der Waals surface area contributed by atoms with Crippen LogP contribution >= 0.6 is 0 Å². The molecule has 1 aromatic rings. The van der Waals surface area contributed by atoms with Gasteiger partial charge >= 0.3 is 0 Å². The average Bonchev–Trinajstić information content (AvgIpc) is 2.55. The van der Waals surface area contributed by atoms with E-state index in [0.29, 0.717) is 36.1 Å². The Kier molecular flexibility index (Phi) is 5.31. The Balaban J connectivity index is 1.68. The minimum absolute atomic E-state index is 0.101. The minimum atomic E-state index is -3.63. The van der Waals surface area contributed by atoms with Crippen LogP contribution in [-0.2, 0) is 14.8 Å². The highest BCUT2D eigenvalue weighted by Crippen LogP contribution is 2.32. The lowest BCUT2D eigenvalue weighted by molar-refractivity contribution is -0.118. The van der Waals surface area contributed by atoms with Crippen LogP contribution in [0, 0.1) is 6.92 Å². The molecule has 0 saturated carbocycles. The van der Waals surface area contributed by atoms with Crippen LogP contribution in [0.1, 0.15) is 31.7 Å². The topological polar surface area (TPSA) is 87.7 Å². The molecule has 25 heavy (non-hydrogen) atoms. The Morgan fingerprint density at radius 3 is 2.92 bits per heavy atom. The van der Waals surface area contributed by atoms with Crippen molar-refractivity contribution >= 4 is 21.6 Å². The summed E-state index contributed by atoms with van der Waals surface area (Å²) in [7, 11) is -3.63. The molecule has 2 N–H and O–H groups in total. The summed E-state index contributed by atoms with van der Waals surface area (Å²) in [5, 5.41) is 2.68. The number of amides is 1. The molecule has 7 nitrogen and oxygen atoms in total. The zero-order valence-corrected chi connectivity index (χ0v) is 15.5. The summed E-state index contributed by atoms with van der Waals surface area (Å²) in [5.41, 5.74) is 1.08. The van der Waals surface area contributed by atoms with Crippen molar-refractivity contribution < 1.29 is 17.9 Å². The zero-order chi connectivity index (χ0) is 18.0. The number of carbonyl (C=O) groups is 1. The number of hydrogen-bond donors (Lipinski definition) is 2. The Hall–Kier alpha value is -1.64. The molecule has 8 heteroatoms. The molecule has 2 aliphatic heterocycles. The van der Waals surface area contributed by atoms with E-state index >= 15 is 0 Å². The largest absolute Gasteiger partial charge is 0.482 e. The van der Waals surface area contributed by atoms with Gasteiger partial charge in [0.1, 0.15) is 5.75 Å². The third kappa shape index (κ3) is 4.13. The average molecular weight is 367 g/mol. The first-order valence-corrected chi connectivity index (χ1v) is 10.2. The van der Waals surface area contributed by atoms with Crippen LogP contribution in [0.15, 0.2) is 17.0 Å². The molecule has 138 valence electrons. The van der Waals surface area contributed by atoms with Gasteiger partial charge in [0.15, 0.2) is 6.61 Å². The van der Waals surface area contributed by atoms with Crippen LogP contribution in [0.2, 0.25) is 0 Å². The van der Waals surface area contributed by atoms with Crippen LogP contribution < -0.4 is 14.8 Å². The number of ether oxygens (including phenoxy) is 1. The van der Waals surface area contributed by atoms with Gasteiger partial charge in [-0.3, -0.25) is 9.69 Å². The van der Waals surface area contributed by atoms with Crippen LogP contribution in [-0.4, -0.2) is 51.5 Å². The summed E-state index contributed by atoms with van der Waals surface area (Å²) in [6.45, 7) is 5.90. The van der Waals surface area contributed by atoms with Crippen molar-refractivity contribution in [2.24, 2.45) is 0 Å². The van der Waals surface area contributed by atoms with E-state index in [4.69, 9.17) is 4.74 Å². The molecular weight excluding hydrogens is 342 g/mol. The summed E-state index contributed by atoms with van der Waals surface area (Å²) in [6.07, 6.45) is 3.58. The molecule has 2 aliphatic rings. The lowest BCUT2D eigenvalue weighted by Crippen LogP contribution is -2.42. The monoisotopic (exact) mass is 367 g/mol. The maximum atomic E-state index is 12.7. The molecule has 1 aromatic carbocycles. The van der Waals surface area contributed by atoms with Crippen molar-refractivity contribution in [1.29, 1.82) is 0 Å². The van der Waals surface area contributed by atoms with Gasteiger partial charge in [0.2, 0.25) is 10.0 Å². The SMILES string of the molecule is Cc1cc2c(cc1S(=O)(=O)NCCN1CCCC[C@H]1C)OCC(=O)N2. The molecule has 0 aliphatic carbocycles. The second-order valence-corrected chi connectivity index (χ2v) is 8.46. The van der Waals surface area contributed by atoms with Gasteiger partial charge in [0.05, 0.1) is 10.6 Å². The lowest BCUT2D eigenvalue weighted by atomic mass is 10.0. The first-order valence-electron chi connectivity index (χ1n) is 8.68. The Morgan fingerprint density at radius 1 is 1.36 bits per heavy atom. The molecule has 2 heterocycles. The van der Waals surface area contributed by atoms with Crippen molar-refractivity contribution in [3.63, 3.8) is 0 Å².